The minimum Gasteiger partial charge on any atom is -0.444 e. The predicted molar refractivity (Wildman–Crippen MR) is 113 cm³/mol. The molecule has 164 valence electrons. The fraction of sp³-hybridized carbons (Fsp3) is 0.524. The Morgan fingerprint density at radius 1 is 1.35 bits per heavy atom. The van der Waals surface area contributed by atoms with E-state index in [1.165, 1.54) is 18.4 Å². The van der Waals surface area contributed by atoms with Crippen LogP contribution in [0.15, 0.2) is 18.5 Å². The number of fused-ring (bicyclic) bond motifs is 3. The van der Waals surface area contributed by atoms with Crippen LogP contribution in [-0.2, 0) is 22.3 Å². The van der Waals surface area contributed by atoms with E-state index in [2.05, 4.69) is 25.8 Å². The molecule has 1 fully saturated rings. The van der Waals surface area contributed by atoms with Gasteiger partial charge in [0.2, 0.25) is 0 Å². The van der Waals surface area contributed by atoms with E-state index in [4.69, 9.17) is 14.6 Å². The highest BCUT2D eigenvalue weighted by Gasteiger charge is 2.31. The normalized spacial score (nSPS) is 20.7. The summed E-state index contributed by atoms with van der Waals surface area (Å²) in [7, 11) is 0. The summed E-state index contributed by atoms with van der Waals surface area (Å²) in [6, 6.07) is 1.95. The first-order chi connectivity index (χ1) is 15.1. The van der Waals surface area contributed by atoms with Gasteiger partial charge in [-0.25, -0.2) is 14.3 Å². The number of aryl methyl sites for hydroxylation is 2. The second-order valence-corrected chi connectivity index (χ2v) is 8.42. The molecular formula is C21H27N7O3. The minimum atomic E-state index is -0.417. The van der Waals surface area contributed by atoms with Gasteiger partial charge in [-0.15, -0.1) is 0 Å². The van der Waals surface area contributed by atoms with Crippen molar-refractivity contribution >= 4 is 23.2 Å². The number of aromatic amines is 1. The lowest BCUT2D eigenvalue weighted by Gasteiger charge is -2.13. The Labute approximate surface area is 179 Å². The molecule has 2 unspecified atom stereocenters. The van der Waals surface area contributed by atoms with Crippen LogP contribution in [-0.4, -0.2) is 49.6 Å². The number of carbonyl (C=O) groups is 1. The molecular weight excluding hydrogens is 398 g/mol. The molecule has 1 amide bonds. The summed E-state index contributed by atoms with van der Waals surface area (Å²) in [6.45, 7) is 4.15. The largest absolute Gasteiger partial charge is 0.444 e. The van der Waals surface area contributed by atoms with Gasteiger partial charge < -0.3 is 20.1 Å². The maximum atomic E-state index is 11.8. The number of nitrogens with zero attached hydrogens (tertiary/aromatic N) is 4. The van der Waals surface area contributed by atoms with Crippen molar-refractivity contribution in [1.82, 2.24) is 30.1 Å². The standard InChI is InChI=1S/C21H27N7O3/c1-12(2)23-21(29)31-13-9-17(30-11-13)16-10-18(26-25-16)24-20-19-14-5-3-4-6-15(14)27-28(19)8-7-22-20/h7-8,10,12-13,17H,3-6,9,11H2,1-2H3,(H,23,29)(H2,22,24,25,26). The molecule has 5 rings (SSSR count). The van der Waals surface area contributed by atoms with Crippen LogP contribution in [0.4, 0.5) is 16.4 Å². The molecule has 10 nitrogen and oxygen atoms in total. The van der Waals surface area contributed by atoms with E-state index < -0.39 is 6.09 Å². The molecule has 0 radical (unpaired) electrons. The molecule has 0 spiro atoms. The predicted octanol–water partition coefficient (Wildman–Crippen LogP) is 3.04. The molecule has 0 saturated carbocycles. The average molecular weight is 425 g/mol. The average Bonchev–Trinajstić information content (AvgIpc) is 3.45. The topological polar surface area (TPSA) is 118 Å². The number of H-pyrrole nitrogens is 1. The molecule has 1 saturated heterocycles. The number of alkyl carbamates (subject to hydrolysis) is 1. The van der Waals surface area contributed by atoms with Crippen LogP contribution in [0.3, 0.4) is 0 Å². The third-order valence-corrected chi connectivity index (χ3v) is 5.65. The fourth-order valence-corrected chi connectivity index (χ4v) is 4.26. The highest BCUT2D eigenvalue weighted by molar-refractivity contribution is 5.76. The van der Waals surface area contributed by atoms with Crippen LogP contribution in [0.5, 0.6) is 0 Å². The Morgan fingerprint density at radius 2 is 2.23 bits per heavy atom. The number of hydrogen-bond donors (Lipinski definition) is 3. The number of amides is 1. The Balaban J connectivity index is 1.28. The second kappa shape index (κ2) is 8.18. The van der Waals surface area contributed by atoms with E-state index in [1.807, 2.05) is 30.6 Å². The van der Waals surface area contributed by atoms with Gasteiger partial charge in [0, 0.05) is 36.5 Å². The summed E-state index contributed by atoms with van der Waals surface area (Å²) < 4.78 is 13.1. The summed E-state index contributed by atoms with van der Waals surface area (Å²) in [4.78, 5) is 16.3. The third kappa shape index (κ3) is 4.07. The third-order valence-electron chi connectivity index (χ3n) is 5.65. The quantitative estimate of drug-likeness (QED) is 0.575. The van der Waals surface area contributed by atoms with Gasteiger partial charge in [-0.2, -0.15) is 10.2 Å². The lowest BCUT2D eigenvalue weighted by Crippen LogP contribution is -2.33. The maximum Gasteiger partial charge on any atom is 0.407 e. The van der Waals surface area contributed by atoms with Gasteiger partial charge in [0.15, 0.2) is 11.6 Å². The highest BCUT2D eigenvalue weighted by atomic mass is 16.6. The zero-order valence-corrected chi connectivity index (χ0v) is 17.7. The molecule has 3 aromatic heterocycles. The van der Waals surface area contributed by atoms with Crippen molar-refractivity contribution in [3.8, 4) is 0 Å². The smallest absolute Gasteiger partial charge is 0.407 e. The van der Waals surface area contributed by atoms with E-state index >= 15 is 0 Å². The molecule has 0 aromatic carbocycles. The molecule has 3 aromatic rings. The van der Waals surface area contributed by atoms with Gasteiger partial charge in [-0.3, -0.25) is 5.10 Å². The van der Waals surface area contributed by atoms with Crippen LogP contribution in [0.25, 0.3) is 5.52 Å². The zero-order valence-electron chi connectivity index (χ0n) is 17.7. The molecule has 1 aliphatic heterocycles. The molecule has 0 bridgehead atoms. The van der Waals surface area contributed by atoms with Crippen LogP contribution in [0.1, 0.15) is 56.2 Å². The summed E-state index contributed by atoms with van der Waals surface area (Å²) in [5, 5.41) is 18.2. The summed E-state index contributed by atoms with van der Waals surface area (Å²) in [5.41, 5.74) is 4.29. The van der Waals surface area contributed by atoms with Gasteiger partial charge in [0.25, 0.3) is 0 Å². The van der Waals surface area contributed by atoms with Crippen LogP contribution in [0.2, 0.25) is 0 Å². The van der Waals surface area contributed by atoms with E-state index in [0.29, 0.717) is 18.8 Å². The minimum absolute atomic E-state index is 0.0336. The van der Waals surface area contributed by atoms with Gasteiger partial charge in [-0.05, 0) is 39.5 Å². The van der Waals surface area contributed by atoms with E-state index in [-0.39, 0.29) is 18.2 Å². The van der Waals surface area contributed by atoms with Crippen molar-refractivity contribution in [2.45, 2.75) is 64.2 Å². The maximum absolute atomic E-state index is 11.8. The van der Waals surface area contributed by atoms with Crippen molar-refractivity contribution < 1.29 is 14.3 Å². The Hall–Kier alpha value is -3.14. The first kappa shape index (κ1) is 19.8. The van der Waals surface area contributed by atoms with E-state index in [9.17, 15) is 4.79 Å². The van der Waals surface area contributed by atoms with Crippen LogP contribution >= 0.6 is 0 Å². The monoisotopic (exact) mass is 425 g/mol. The van der Waals surface area contributed by atoms with Gasteiger partial charge >= 0.3 is 6.09 Å². The first-order valence-electron chi connectivity index (χ1n) is 10.8. The van der Waals surface area contributed by atoms with Crippen molar-refractivity contribution in [3.05, 3.63) is 35.4 Å². The Morgan fingerprint density at radius 3 is 3.10 bits per heavy atom. The SMILES string of the molecule is CC(C)NC(=O)OC1COC(c2cc(Nc3nccn4nc5c(c34)CCCC5)n[nH]2)C1. The lowest BCUT2D eigenvalue weighted by atomic mass is 9.97. The van der Waals surface area contributed by atoms with Crippen LogP contribution < -0.4 is 10.6 Å². The number of aromatic nitrogens is 5. The summed E-state index contributed by atoms with van der Waals surface area (Å²) in [5.74, 6) is 1.40. The lowest BCUT2D eigenvalue weighted by molar-refractivity contribution is 0.0682. The van der Waals surface area contributed by atoms with E-state index in [0.717, 1.165) is 35.6 Å². The molecule has 10 heteroatoms. The Kier molecular flexibility index (Phi) is 5.23. The van der Waals surface area contributed by atoms with Crippen molar-refractivity contribution in [3.63, 3.8) is 0 Å². The summed E-state index contributed by atoms with van der Waals surface area (Å²) in [6.07, 6.45) is 7.70. The van der Waals surface area contributed by atoms with E-state index in [1.54, 1.807) is 6.20 Å². The molecule has 2 aliphatic rings. The highest BCUT2D eigenvalue weighted by Crippen LogP contribution is 2.32. The number of rotatable bonds is 5. The number of carbonyl (C=O) groups excluding carboxylic acids is 1. The number of nitrogens with one attached hydrogen (secondary N) is 3. The molecule has 3 N–H and O–H groups in total. The number of anilines is 2. The van der Waals surface area contributed by atoms with Gasteiger partial charge in [0.05, 0.1) is 18.0 Å². The molecule has 2 atom stereocenters. The van der Waals surface area contributed by atoms with Gasteiger partial charge in [0.1, 0.15) is 17.7 Å². The first-order valence-corrected chi connectivity index (χ1v) is 10.8. The summed E-state index contributed by atoms with van der Waals surface area (Å²) >= 11 is 0. The molecule has 31 heavy (non-hydrogen) atoms. The van der Waals surface area contributed by atoms with Crippen molar-refractivity contribution in [2.75, 3.05) is 11.9 Å². The molecule has 1 aliphatic carbocycles. The molecule has 4 heterocycles. The fourth-order valence-electron chi connectivity index (χ4n) is 4.26. The second-order valence-electron chi connectivity index (χ2n) is 8.42. The van der Waals surface area contributed by atoms with Crippen molar-refractivity contribution in [2.24, 2.45) is 0 Å². The zero-order chi connectivity index (χ0) is 21.4. The van der Waals surface area contributed by atoms with Crippen LogP contribution in [0, 0.1) is 0 Å². The van der Waals surface area contributed by atoms with Gasteiger partial charge in [-0.1, -0.05) is 0 Å². The number of hydrogen-bond acceptors (Lipinski definition) is 7. The number of ether oxygens (including phenoxy) is 2. The Bertz CT molecular complexity index is 1090. The van der Waals surface area contributed by atoms with Crippen molar-refractivity contribution in [1.29, 1.82) is 0 Å².